The van der Waals surface area contributed by atoms with Crippen molar-refractivity contribution < 1.29 is 9.90 Å². The number of aromatic hydroxyl groups is 1. The molecule has 2 N–H and O–H groups in total. The van der Waals surface area contributed by atoms with Gasteiger partial charge in [-0.1, -0.05) is 30.0 Å². The SMILES string of the molecule is Cc1cc(SCC(=O)NN=Cc2ccc(O)cc2)nc2c(C)cccc12. The number of carbonyl (C=O) groups excluding carboxylic acids is 1. The van der Waals surface area contributed by atoms with Crippen LogP contribution in [0.2, 0.25) is 0 Å². The summed E-state index contributed by atoms with van der Waals surface area (Å²) in [5.41, 5.74) is 6.53. The highest BCUT2D eigenvalue weighted by atomic mass is 32.2. The smallest absolute Gasteiger partial charge is 0.250 e. The Morgan fingerprint density at radius 3 is 2.73 bits per heavy atom. The van der Waals surface area contributed by atoms with Gasteiger partial charge in [0.2, 0.25) is 5.91 Å². The molecule has 1 amide bonds. The van der Waals surface area contributed by atoms with E-state index in [4.69, 9.17) is 0 Å². The quantitative estimate of drug-likeness (QED) is 0.410. The zero-order chi connectivity index (χ0) is 18.5. The third-order valence-corrected chi connectivity index (χ3v) is 4.78. The largest absolute Gasteiger partial charge is 0.508 e. The molecule has 0 bridgehead atoms. The number of fused-ring (bicyclic) bond motifs is 1. The second-order valence-electron chi connectivity index (χ2n) is 5.92. The van der Waals surface area contributed by atoms with E-state index < -0.39 is 0 Å². The van der Waals surface area contributed by atoms with E-state index in [9.17, 15) is 9.90 Å². The van der Waals surface area contributed by atoms with E-state index in [1.165, 1.54) is 18.0 Å². The molecular formula is C20H19N3O2S. The third-order valence-electron chi connectivity index (χ3n) is 3.87. The Morgan fingerprint density at radius 1 is 1.19 bits per heavy atom. The number of carbonyl (C=O) groups is 1. The van der Waals surface area contributed by atoms with Crippen molar-refractivity contribution in [2.75, 3.05) is 5.75 Å². The predicted octanol–water partition coefficient (Wildman–Crippen LogP) is 3.80. The Kier molecular flexibility index (Phi) is 5.53. The van der Waals surface area contributed by atoms with Crippen LogP contribution in [-0.2, 0) is 4.79 Å². The maximum absolute atomic E-state index is 12.0. The van der Waals surface area contributed by atoms with Crippen molar-refractivity contribution in [3.05, 3.63) is 65.2 Å². The monoisotopic (exact) mass is 365 g/mol. The summed E-state index contributed by atoms with van der Waals surface area (Å²) >= 11 is 1.38. The number of nitrogens with one attached hydrogen (secondary N) is 1. The number of aromatic nitrogens is 1. The number of phenols is 1. The molecule has 1 aromatic heterocycles. The first-order valence-electron chi connectivity index (χ1n) is 8.13. The Morgan fingerprint density at radius 2 is 1.96 bits per heavy atom. The van der Waals surface area contributed by atoms with Crippen molar-refractivity contribution in [2.24, 2.45) is 5.10 Å². The summed E-state index contributed by atoms with van der Waals surface area (Å²) in [4.78, 5) is 16.6. The molecule has 0 saturated carbocycles. The van der Waals surface area contributed by atoms with Crippen molar-refractivity contribution in [3.63, 3.8) is 0 Å². The summed E-state index contributed by atoms with van der Waals surface area (Å²) in [6.45, 7) is 4.09. The zero-order valence-corrected chi connectivity index (χ0v) is 15.4. The van der Waals surface area contributed by atoms with Crippen LogP contribution >= 0.6 is 11.8 Å². The summed E-state index contributed by atoms with van der Waals surface area (Å²) in [5, 5.41) is 15.1. The lowest BCUT2D eigenvalue weighted by Gasteiger charge is -2.08. The molecule has 26 heavy (non-hydrogen) atoms. The van der Waals surface area contributed by atoms with E-state index in [1.807, 2.05) is 25.1 Å². The van der Waals surface area contributed by atoms with Gasteiger partial charge in [-0.2, -0.15) is 5.10 Å². The summed E-state index contributed by atoms with van der Waals surface area (Å²) < 4.78 is 0. The molecule has 0 radical (unpaired) electrons. The fraction of sp³-hybridized carbons (Fsp3) is 0.150. The van der Waals surface area contributed by atoms with Gasteiger partial charge in [0.1, 0.15) is 5.75 Å². The number of aryl methyl sites for hydroxylation is 2. The van der Waals surface area contributed by atoms with Crippen LogP contribution < -0.4 is 5.43 Å². The molecule has 0 aliphatic rings. The second kappa shape index (κ2) is 8.01. The summed E-state index contributed by atoms with van der Waals surface area (Å²) in [6.07, 6.45) is 1.53. The van der Waals surface area contributed by atoms with Crippen molar-refractivity contribution in [2.45, 2.75) is 18.9 Å². The van der Waals surface area contributed by atoms with Crippen LogP contribution in [0.25, 0.3) is 10.9 Å². The van der Waals surface area contributed by atoms with E-state index in [0.29, 0.717) is 0 Å². The van der Waals surface area contributed by atoms with Crippen LogP contribution in [0, 0.1) is 13.8 Å². The number of amides is 1. The second-order valence-corrected chi connectivity index (χ2v) is 6.92. The van der Waals surface area contributed by atoms with E-state index in [0.717, 1.165) is 32.6 Å². The fourth-order valence-corrected chi connectivity index (χ4v) is 3.28. The lowest BCUT2D eigenvalue weighted by molar-refractivity contribution is -0.118. The lowest BCUT2D eigenvalue weighted by Crippen LogP contribution is -2.19. The molecule has 1 heterocycles. The lowest BCUT2D eigenvalue weighted by atomic mass is 10.1. The highest BCUT2D eigenvalue weighted by Crippen LogP contribution is 2.25. The van der Waals surface area contributed by atoms with E-state index in [-0.39, 0.29) is 17.4 Å². The Bertz CT molecular complexity index is 969. The standard InChI is InChI=1S/C20H19N3O2S/c1-13-4-3-5-17-14(2)10-19(22-20(13)17)26-12-18(25)23-21-11-15-6-8-16(24)9-7-15/h3-11,24H,12H2,1-2H3,(H,23,25). The average Bonchev–Trinajstić information content (AvgIpc) is 2.63. The van der Waals surface area contributed by atoms with Crippen molar-refractivity contribution in [1.29, 1.82) is 0 Å². The highest BCUT2D eigenvalue weighted by Gasteiger charge is 2.07. The third kappa shape index (κ3) is 4.40. The van der Waals surface area contributed by atoms with Crippen molar-refractivity contribution in [3.8, 4) is 5.75 Å². The van der Waals surface area contributed by atoms with Gasteiger partial charge in [0.25, 0.3) is 0 Å². The molecule has 0 aliphatic carbocycles. The molecule has 0 unspecified atom stereocenters. The number of rotatable bonds is 5. The fourth-order valence-electron chi connectivity index (χ4n) is 2.52. The van der Waals surface area contributed by atoms with Gasteiger partial charge >= 0.3 is 0 Å². The molecule has 2 aromatic carbocycles. The molecule has 0 atom stereocenters. The van der Waals surface area contributed by atoms with Gasteiger partial charge in [-0.05, 0) is 60.9 Å². The minimum Gasteiger partial charge on any atom is -0.508 e. The van der Waals surface area contributed by atoms with Crippen molar-refractivity contribution in [1.82, 2.24) is 10.4 Å². The summed E-state index contributed by atoms with van der Waals surface area (Å²) in [6, 6.07) is 14.7. The van der Waals surface area contributed by atoms with Crippen LogP contribution in [0.3, 0.4) is 0 Å². The van der Waals surface area contributed by atoms with Crippen LogP contribution in [0.1, 0.15) is 16.7 Å². The van der Waals surface area contributed by atoms with Crippen LogP contribution in [0.15, 0.2) is 58.7 Å². The molecule has 3 rings (SSSR count). The van der Waals surface area contributed by atoms with Gasteiger partial charge in [-0.25, -0.2) is 10.4 Å². The Balaban J connectivity index is 1.60. The first-order valence-corrected chi connectivity index (χ1v) is 9.12. The summed E-state index contributed by atoms with van der Waals surface area (Å²) in [5.74, 6) is 0.224. The van der Waals surface area contributed by atoms with Crippen LogP contribution in [0.4, 0.5) is 0 Å². The molecule has 3 aromatic rings. The topological polar surface area (TPSA) is 74.6 Å². The number of thioether (sulfide) groups is 1. The minimum absolute atomic E-state index is 0.191. The zero-order valence-electron chi connectivity index (χ0n) is 14.6. The Labute approximate surface area is 156 Å². The van der Waals surface area contributed by atoms with Gasteiger partial charge in [0.15, 0.2) is 0 Å². The maximum atomic E-state index is 12.0. The molecule has 132 valence electrons. The first kappa shape index (κ1) is 17.9. The van der Waals surface area contributed by atoms with Gasteiger partial charge in [0, 0.05) is 5.39 Å². The van der Waals surface area contributed by atoms with Gasteiger partial charge in [-0.15, -0.1) is 0 Å². The van der Waals surface area contributed by atoms with Gasteiger partial charge in [0.05, 0.1) is 22.5 Å². The predicted molar refractivity (Wildman–Crippen MR) is 106 cm³/mol. The first-order chi connectivity index (χ1) is 12.5. The van der Waals surface area contributed by atoms with Gasteiger partial charge < -0.3 is 5.11 Å². The molecule has 0 saturated heterocycles. The number of hydrogen-bond acceptors (Lipinski definition) is 5. The minimum atomic E-state index is -0.200. The Hall–Kier alpha value is -2.86. The molecule has 0 spiro atoms. The van der Waals surface area contributed by atoms with E-state index >= 15 is 0 Å². The van der Waals surface area contributed by atoms with Crippen LogP contribution in [0.5, 0.6) is 5.75 Å². The molecule has 5 nitrogen and oxygen atoms in total. The van der Waals surface area contributed by atoms with E-state index in [2.05, 4.69) is 28.5 Å². The number of pyridine rings is 1. The highest BCUT2D eigenvalue weighted by molar-refractivity contribution is 7.99. The van der Waals surface area contributed by atoms with Crippen molar-refractivity contribution >= 4 is 34.8 Å². The molecular weight excluding hydrogens is 346 g/mol. The molecule has 0 fully saturated rings. The van der Waals surface area contributed by atoms with Gasteiger partial charge in [-0.3, -0.25) is 4.79 Å². The maximum Gasteiger partial charge on any atom is 0.250 e. The molecule has 0 aliphatic heterocycles. The summed E-state index contributed by atoms with van der Waals surface area (Å²) in [7, 11) is 0. The molecule has 6 heteroatoms. The number of hydrazone groups is 1. The number of hydrogen-bond donors (Lipinski definition) is 2. The average molecular weight is 365 g/mol. The van der Waals surface area contributed by atoms with Crippen LogP contribution in [-0.4, -0.2) is 28.0 Å². The number of nitrogens with zero attached hydrogens (tertiary/aromatic N) is 2. The number of phenolic OH excluding ortho intramolecular Hbond substituents is 1. The number of para-hydroxylation sites is 1. The van der Waals surface area contributed by atoms with E-state index in [1.54, 1.807) is 24.3 Å². The number of benzene rings is 2. The normalized spacial score (nSPS) is 11.2.